The Labute approximate surface area is 128 Å². The molecule has 1 atom stereocenters. The lowest BCUT2D eigenvalue weighted by atomic mass is 10.1. The molecule has 0 fully saturated rings. The minimum atomic E-state index is -0.0750. The zero-order valence-electron chi connectivity index (χ0n) is 12.4. The van der Waals surface area contributed by atoms with Gasteiger partial charge in [-0.3, -0.25) is 4.79 Å². The van der Waals surface area contributed by atoms with Crippen LogP contribution in [0.25, 0.3) is 0 Å². The third-order valence-electron chi connectivity index (χ3n) is 3.59. The van der Waals surface area contributed by atoms with Crippen molar-refractivity contribution in [3.63, 3.8) is 0 Å². The van der Waals surface area contributed by atoms with Gasteiger partial charge in [0.1, 0.15) is 5.75 Å². The summed E-state index contributed by atoms with van der Waals surface area (Å²) >= 11 is 0. The normalized spacial score (nSPS) is 16.9. The molecule has 7 heteroatoms. The number of aromatic nitrogens is 3. The van der Waals surface area contributed by atoms with Crippen molar-refractivity contribution in [1.82, 2.24) is 20.3 Å². The summed E-state index contributed by atoms with van der Waals surface area (Å²) in [5.74, 6) is 0.751. The highest BCUT2D eigenvalue weighted by Gasteiger charge is 2.20. The summed E-state index contributed by atoms with van der Waals surface area (Å²) in [4.78, 5) is 12.0. The number of hydrogen-bond acceptors (Lipinski definition) is 5. The number of ether oxygens (including phenoxy) is 2. The molecule has 0 spiro atoms. The van der Waals surface area contributed by atoms with Crippen molar-refractivity contribution in [3.05, 3.63) is 41.7 Å². The van der Waals surface area contributed by atoms with E-state index >= 15 is 0 Å². The van der Waals surface area contributed by atoms with Gasteiger partial charge in [0.2, 0.25) is 5.91 Å². The van der Waals surface area contributed by atoms with Gasteiger partial charge < -0.3 is 14.8 Å². The van der Waals surface area contributed by atoms with Crippen LogP contribution >= 0.6 is 0 Å². The monoisotopic (exact) mass is 302 g/mol. The second kappa shape index (κ2) is 6.57. The van der Waals surface area contributed by atoms with Gasteiger partial charge in [0.05, 0.1) is 44.7 Å². The number of carbonyl (C=O) groups excluding carboxylic acids is 1. The molecule has 0 radical (unpaired) electrons. The predicted octanol–water partition coefficient (Wildman–Crippen LogP) is 0.544. The van der Waals surface area contributed by atoms with Gasteiger partial charge in [-0.2, -0.15) is 0 Å². The minimum absolute atomic E-state index is 0.0295. The molecular weight excluding hydrogens is 284 g/mol. The van der Waals surface area contributed by atoms with Crippen LogP contribution in [0, 0.1) is 0 Å². The smallest absolute Gasteiger partial charge is 0.224 e. The summed E-state index contributed by atoms with van der Waals surface area (Å²) in [5, 5.41) is 10.7. The Balaban J connectivity index is 1.46. The van der Waals surface area contributed by atoms with Crippen LogP contribution in [0.4, 0.5) is 0 Å². The van der Waals surface area contributed by atoms with Crippen LogP contribution < -0.4 is 10.1 Å². The van der Waals surface area contributed by atoms with E-state index in [1.54, 1.807) is 13.3 Å². The van der Waals surface area contributed by atoms with Gasteiger partial charge in [0.15, 0.2) is 0 Å². The fourth-order valence-electron chi connectivity index (χ4n) is 2.34. The Kier molecular flexibility index (Phi) is 4.34. The lowest BCUT2D eigenvalue weighted by molar-refractivity contribution is -0.121. The van der Waals surface area contributed by atoms with E-state index in [1.807, 2.05) is 28.9 Å². The molecule has 0 saturated carbocycles. The second-order valence-corrected chi connectivity index (χ2v) is 5.17. The first-order chi connectivity index (χ1) is 10.7. The molecule has 2 heterocycles. The van der Waals surface area contributed by atoms with Crippen molar-refractivity contribution in [1.29, 1.82) is 0 Å². The maximum Gasteiger partial charge on any atom is 0.224 e. The molecule has 1 aliphatic rings. The minimum Gasteiger partial charge on any atom is -0.497 e. The summed E-state index contributed by atoms with van der Waals surface area (Å²) in [6, 6.07) is 7.46. The third kappa shape index (κ3) is 3.43. The fourth-order valence-corrected chi connectivity index (χ4v) is 2.34. The van der Waals surface area contributed by atoms with Gasteiger partial charge in [-0.15, -0.1) is 5.10 Å². The first kappa shape index (κ1) is 14.5. The Bertz CT molecular complexity index is 638. The van der Waals surface area contributed by atoms with Crippen molar-refractivity contribution in [2.24, 2.45) is 0 Å². The van der Waals surface area contributed by atoms with Crippen molar-refractivity contribution >= 4 is 5.91 Å². The highest BCUT2D eigenvalue weighted by molar-refractivity contribution is 5.78. The lowest BCUT2D eigenvalue weighted by Gasteiger charge is -2.23. The molecule has 0 bridgehead atoms. The van der Waals surface area contributed by atoms with Gasteiger partial charge in [-0.1, -0.05) is 17.3 Å². The standard InChI is InChI=1S/C15H18N4O3/c1-21-13-4-2-11(3-5-13)6-15(20)16-8-14-9-19-12(10-22-14)7-17-18-19/h2-5,7,14H,6,8-10H2,1H3,(H,16,20)/t14-/m0/s1. The number of rotatable bonds is 5. The average Bonchev–Trinajstić information content (AvgIpc) is 3.01. The number of methoxy groups -OCH3 is 1. The quantitative estimate of drug-likeness (QED) is 0.872. The summed E-state index contributed by atoms with van der Waals surface area (Å²) in [6.45, 7) is 1.55. The predicted molar refractivity (Wildman–Crippen MR) is 78.3 cm³/mol. The van der Waals surface area contributed by atoms with E-state index in [9.17, 15) is 4.79 Å². The molecule has 1 amide bonds. The van der Waals surface area contributed by atoms with Crippen LogP contribution in [0.15, 0.2) is 30.5 Å². The molecular formula is C15H18N4O3. The topological polar surface area (TPSA) is 78.3 Å². The molecule has 0 unspecified atom stereocenters. The van der Waals surface area contributed by atoms with Crippen LogP contribution in [0.1, 0.15) is 11.3 Å². The molecule has 1 N–H and O–H groups in total. The van der Waals surface area contributed by atoms with E-state index in [2.05, 4.69) is 15.6 Å². The zero-order valence-corrected chi connectivity index (χ0v) is 12.4. The first-order valence-electron chi connectivity index (χ1n) is 7.13. The number of benzene rings is 1. The first-order valence-corrected chi connectivity index (χ1v) is 7.13. The number of carbonyl (C=O) groups is 1. The highest BCUT2D eigenvalue weighted by atomic mass is 16.5. The molecule has 22 heavy (non-hydrogen) atoms. The average molecular weight is 302 g/mol. The van der Waals surface area contributed by atoms with Crippen molar-refractivity contribution in [2.45, 2.75) is 25.7 Å². The van der Waals surface area contributed by atoms with Crippen LogP contribution in [0.5, 0.6) is 5.75 Å². The van der Waals surface area contributed by atoms with E-state index in [4.69, 9.17) is 9.47 Å². The van der Waals surface area contributed by atoms with Crippen molar-refractivity contribution < 1.29 is 14.3 Å². The number of fused-ring (bicyclic) bond motifs is 1. The molecule has 7 nitrogen and oxygen atoms in total. The third-order valence-corrected chi connectivity index (χ3v) is 3.59. The Hall–Kier alpha value is -2.41. The largest absolute Gasteiger partial charge is 0.497 e. The maximum absolute atomic E-state index is 12.0. The second-order valence-electron chi connectivity index (χ2n) is 5.17. The number of nitrogens with one attached hydrogen (secondary N) is 1. The fraction of sp³-hybridized carbons (Fsp3) is 0.400. The van der Waals surface area contributed by atoms with Crippen LogP contribution in [0.2, 0.25) is 0 Å². The van der Waals surface area contributed by atoms with E-state index < -0.39 is 0 Å². The molecule has 1 aliphatic heterocycles. The molecule has 2 aromatic rings. The van der Waals surface area contributed by atoms with E-state index in [0.717, 1.165) is 17.0 Å². The molecule has 1 aromatic heterocycles. The van der Waals surface area contributed by atoms with Crippen LogP contribution in [0.3, 0.4) is 0 Å². The molecule has 1 aromatic carbocycles. The van der Waals surface area contributed by atoms with Gasteiger partial charge in [0.25, 0.3) is 0 Å². The number of amides is 1. The van der Waals surface area contributed by atoms with E-state index in [1.165, 1.54) is 0 Å². The van der Waals surface area contributed by atoms with Crippen molar-refractivity contribution in [2.75, 3.05) is 13.7 Å². The van der Waals surface area contributed by atoms with Gasteiger partial charge in [0, 0.05) is 6.54 Å². The van der Waals surface area contributed by atoms with E-state index in [0.29, 0.717) is 26.1 Å². The summed E-state index contributed by atoms with van der Waals surface area (Å²) in [5.41, 5.74) is 1.90. The van der Waals surface area contributed by atoms with Gasteiger partial charge in [-0.25, -0.2) is 4.68 Å². The Morgan fingerprint density at radius 1 is 1.45 bits per heavy atom. The van der Waals surface area contributed by atoms with E-state index in [-0.39, 0.29) is 12.0 Å². The van der Waals surface area contributed by atoms with Crippen molar-refractivity contribution in [3.8, 4) is 5.75 Å². The lowest BCUT2D eigenvalue weighted by Crippen LogP contribution is -2.39. The Morgan fingerprint density at radius 2 is 2.27 bits per heavy atom. The number of hydrogen-bond donors (Lipinski definition) is 1. The summed E-state index contributed by atoms with van der Waals surface area (Å²) < 4.78 is 12.6. The summed E-state index contributed by atoms with van der Waals surface area (Å²) in [6.07, 6.45) is 1.96. The number of nitrogens with zero attached hydrogens (tertiary/aromatic N) is 3. The van der Waals surface area contributed by atoms with Gasteiger partial charge in [-0.05, 0) is 17.7 Å². The van der Waals surface area contributed by atoms with Gasteiger partial charge >= 0.3 is 0 Å². The Morgan fingerprint density at radius 3 is 3.05 bits per heavy atom. The van der Waals surface area contributed by atoms with Crippen LogP contribution in [-0.4, -0.2) is 40.7 Å². The van der Waals surface area contributed by atoms with Crippen LogP contribution in [-0.2, 0) is 29.1 Å². The molecule has 0 aliphatic carbocycles. The SMILES string of the molecule is COc1ccc(CC(=O)NC[C@H]2Cn3nncc3CO2)cc1. The zero-order chi connectivity index (χ0) is 15.4. The maximum atomic E-state index is 12.0. The molecule has 3 rings (SSSR count). The summed E-state index contributed by atoms with van der Waals surface area (Å²) in [7, 11) is 1.62. The highest BCUT2D eigenvalue weighted by Crippen LogP contribution is 2.12. The molecule has 116 valence electrons. The molecule has 0 saturated heterocycles.